The van der Waals surface area contributed by atoms with E-state index in [1.165, 1.54) is 0 Å². The van der Waals surface area contributed by atoms with Gasteiger partial charge in [-0.2, -0.15) is 0 Å². The van der Waals surface area contributed by atoms with Crippen molar-refractivity contribution in [2.75, 3.05) is 6.61 Å². The highest BCUT2D eigenvalue weighted by Gasteiger charge is 2.55. The minimum Gasteiger partial charge on any atom is -0.480 e. The van der Waals surface area contributed by atoms with Crippen molar-refractivity contribution >= 4 is 12.1 Å². The number of carboxylic acids is 1. The number of aliphatic carboxylic acids is 1. The normalized spacial score (nSPS) is 29.2. The lowest BCUT2D eigenvalue weighted by atomic mass is 10.2. The zero-order chi connectivity index (χ0) is 18.7. The predicted molar refractivity (Wildman–Crippen MR) is 89.4 cm³/mol. The summed E-state index contributed by atoms with van der Waals surface area (Å²) in [5.74, 6) is -1.88. The molecule has 0 unspecified atom stereocenters. The predicted octanol–water partition coefficient (Wildman–Crippen LogP) is 1.67. The summed E-state index contributed by atoms with van der Waals surface area (Å²) in [7, 11) is 0. The van der Waals surface area contributed by atoms with Gasteiger partial charge in [0.05, 0.1) is 12.1 Å². The number of hydrogen-bond acceptors (Lipinski definition) is 6. The molecule has 1 saturated carbocycles. The summed E-state index contributed by atoms with van der Waals surface area (Å²) in [6.45, 7) is 3.27. The lowest BCUT2D eigenvalue weighted by Crippen LogP contribution is -2.43. The molecule has 3 rings (SSSR count). The maximum Gasteiger partial charge on any atom is 0.407 e. The van der Waals surface area contributed by atoms with Crippen molar-refractivity contribution in [2.45, 2.75) is 57.0 Å². The van der Waals surface area contributed by atoms with E-state index in [-0.39, 0.29) is 12.6 Å². The number of carbonyl (C=O) groups excluding carboxylic acids is 1. The molecule has 1 aliphatic heterocycles. The number of rotatable bonds is 6. The first-order chi connectivity index (χ1) is 12.3. The summed E-state index contributed by atoms with van der Waals surface area (Å²) in [5.41, 5.74) is 0.885. The summed E-state index contributed by atoms with van der Waals surface area (Å²) >= 11 is 0. The molecule has 2 fully saturated rings. The molecule has 0 bridgehead atoms. The Hall–Kier alpha value is -2.16. The van der Waals surface area contributed by atoms with Crippen LogP contribution in [0.1, 0.15) is 25.8 Å². The maximum atomic E-state index is 12.1. The molecule has 26 heavy (non-hydrogen) atoms. The SMILES string of the molecule is CC1(C)O[C@@H]2[C@H](O1)[C@@H](OCC(=O)O)C[C@H]2NC(=O)OCc1ccccc1. The van der Waals surface area contributed by atoms with E-state index in [1.54, 1.807) is 13.8 Å². The van der Waals surface area contributed by atoms with Gasteiger partial charge in [0.1, 0.15) is 25.4 Å². The molecule has 4 atom stereocenters. The summed E-state index contributed by atoms with van der Waals surface area (Å²) < 4.78 is 22.4. The Labute approximate surface area is 151 Å². The standard InChI is InChI=1S/C18H23NO7/c1-18(2)25-15-12(8-13(16(15)26-18)23-10-14(20)21)19-17(22)24-9-11-6-4-3-5-7-11/h3-7,12-13,15-16H,8-10H2,1-2H3,(H,19,22)(H,20,21)/t12-,13+,15+,16-/m1/s1. The molecule has 8 heteroatoms. The van der Waals surface area contributed by atoms with Crippen molar-refractivity contribution in [3.8, 4) is 0 Å². The van der Waals surface area contributed by atoms with Crippen LogP contribution >= 0.6 is 0 Å². The van der Waals surface area contributed by atoms with Crippen LogP contribution in [-0.2, 0) is 30.3 Å². The number of alkyl carbamates (subject to hydrolysis) is 1. The average Bonchev–Trinajstić information content (AvgIpc) is 3.06. The molecule has 0 spiro atoms. The van der Waals surface area contributed by atoms with Gasteiger partial charge in [-0.05, 0) is 25.8 Å². The van der Waals surface area contributed by atoms with Gasteiger partial charge < -0.3 is 29.4 Å². The molecule has 1 saturated heterocycles. The number of carbonyl (C=O) groups is 2. The molecule has 142 valence electrons. The minimum absolute atomic E-state index is 0.162. The molecule has 1 aromatic rings. The third kappa shape index (κ3) is 4.51. The van der Waals surface area contributed by atoms with Crippen LogP contribution in [0.3, 0.4) is 0 Å². The molecule has 1 aliphatic carbocycles. The number of amides is 1. The van der Waals surface area contributed by atoms with Crippen molar-refractivity contribution in [1.29, 1.82) is 0 Å². The number of nitrogens with one attached hydrogen (secondary N) is 1. The van der Waals surface area contributed by atoms with E-state index in [2.05, 4.69) is 5.32 Å². The van der Waals surface area contributed by atoms with Gasteiger partial charge in [0.25, 0.3) is 0 Å². The molecule has 0 radical (unpaired) electrons. The van der Waals surface area contributed by atoms with Crippen LogP contribution in [0.25, 0.3) is 0 Å². The average molecular weight is 365 g/mol. The molecule has 1 heterocycles. The Morgan fingerprint density at radius 3 is 2.62 bits per heavy atom. The monoisotopic (exact) mass is 365 g/mol. The molecule has 1 amide bonds. The smallest absolute Gasteiger partial charge is 0.407 e. The van der Waals surface area contributed by atoms with Crippen LogP contribution < -0.4 is 5.32 Å². The van der Waals surface area contributed by atoms with E-state index in [9.17, 15) is 9.59 Å². The summed E-state index contributed by atoms with van der Waals surface area (Å²) in [5, 5.41) is 11.6. The van der Waals surface area contributed by atoms with Gasteiger partial charge >= 0.3 is 12.1 Å². The zero-order valence-corrected chi connectivity index (χ0v) is 14.7. The van der Waals surface area contributed by atoms with Gasteiger partial charge in [-0.1, -0.05) is 30.3 Å². The van der Waals surface area contributed by atoms with Crippen LogP contribution in [-0.4, -0.2) is 53.9 Å². The number of hydrogen-bond donors (Lipinski definition) is 2. The van der Waals surface area contributed by atoms with Gasteiger partial charge in [-0.25, -0.2) is 9.59 Å². The van der Waals surface area contributed by atoms with Crippen molar-refractivity contribution in [3.63, 3.8) is 0 Å². The topological polar surface area (TPSA) is 103 Å². The molecule has 8 nitrogen and oxygen atoms in total. The molecule has 1 aromatic carbocycles. The fraction of sp³-hybridized carbons (Fsp3) is 0.556. The first-order valence-corrected chi connectivity index (χ1v) is 8.50. The molecule has 0 aromatic heterocycles. The quantitative estimate of drug-likeness (QED) is 0.790. The first kappa shape index (κ1) is 18.6. The summed E-state index contributed by atoms with van der Waals surface area (Å²) in [6, 6.07) is 8.97. The van der Waals surface area contributed by atoms with Crippen molar-refractivity contribution in [2.24, 2.45) is 0 Å². The van der Waals surface area contributed by atoms with Crippen molar-refractivity contribution in [3.05, 3.63) is 35.9 Å². The summed E-state index contributed by atoms with van der Waals surface area (Å²) in [6.07, 6.45) is -1.52. The van der Waals surface area contributed by atoms with Crippen LogP contribution in [0.5, 0.6) is 0 Å². The van der Waals surface area contributed by atoms with E-state index < -0.39 is 42.8 Å². The highest BCUT2D eigenvalue weighted by molar-refractivity contribution is 5.68. The van der Waals surface area contributed by atoms with Crippen molar-refractivity contribution < 1.29 is 33.6 Å². The largest absolute Gasteiger partial charge is 0.480 e. The minimum atomic E-state index is -1.06. The summed E-state index contributed by atoms with van der Waals surface area (Å²) in [4.78, 5) is 22.9. The van der Waals surface area contributed by atoms with Crippen LogP contribution in [0.4, 0.5) is 4.79 Å². The zero-order valence-electron chi connectivity index (χ0n) is 14.7. The Morgan fingerprint density at radius 1 is 1.23 bits per heavy atom. The fourth-order valence-electron chi connectivity index (χ4n) is 3.33. The molecular weight excluding hydrogens is 342 g/mol. The van der Waals surface area contributed by atoms with Gasteiger partial charge in [0, 0.05) is 0 Å². The van der Waals surface area contributed by atoms with Gasteiger partial charge in [0.2, 0.25) is 0 Å². The first-order valence-electron chi connectivity index (χ1n) is 8.50. The highest BCUT2D eigenvalue weighted by atomic mass is 16.8. The van der Waals surface area contributed by atoms with E-state index in [4.69, 9.17) is 24.1 Å². The lowest BCUT2D eigenvalue weighted by Gasteiger charge is -2.23. The molecule has 2 N–H and O–H groups in total. The molecular formula is C18H23NO7. The number of benzene rings is 1. The van der Waals surface area contributed by atoms with Gasteiger partial charge in [-0.15, -0.1) is 0 Å². The van der Waals surface area contributed by atoms with E-state index in [0.29, 0.717) is 6.42 Å². The Balaban J connectivity index is 1.57. The Bertz CT molecular complexity index is 648. The van der Waals surface area contributed by atoms with E-state index in [0.717, 1.165) is 5.56 Å². The third-order valence-electron chi connectivity index (χ3n) is 4.35. The Morgan fingerprint density at radius 2 is 1.92 bits per heavy atom. The number of carboxylic acid groups (broad SMARTS) is 1. The second kappa shape index (κ2) is 7.61. The Kier molecular flexibility index (Phi) is 5.45. The maximum absolute atomic E-state index is 12.1. The highest BCUT2D eigenvalue weighted by Crippen LogP contribution is 2.39. The van der Waals surface area contributed by atoms with Crippen LogP contribution in [0.2, 0.25) is 0 Å². The second-order valence-corrected chi connectivity index (χ2v) is 6.86. The number of ether oxygens (including phenoxy) is 4. The lowest BCUT2D eigenvalue weighted by molar-refractivity contribution is -0.171. The van der Waals surface area contributed by atoms with Gasteiger partial charge in [-0.3, -0.25) is 0 Å². The van der Waals surface area contributed by atoms with Gasteiger partial charge in [0.15, 0.2) is 5.79 Å². The van der Waals surface area contributed by atoms with E-state index in [1.807, 2.05) is 30.3 Å². The fourth-order valence-corrected chi connectivity index (χ4v) is 3.33. The molecule has 2 aliphatic rings. The van der Waals surface area contributed by atoms with Crippen LogP contribution in [0.15, 0.2) is 30.3 Å². The second-order valence-electron chi connectivity index (χ2n) is 6.86. The van der Waals surface area contributed by atoms with E-state index >= 15 is 0 Å². The third-order valence-corrected chi connectivity index (χ3v) is 4.35. The number of fused-ring (bicyclic) bond motifs is 1. The van der Waals surface area contributed by atoms with Crippen LogP contribution in [0, 0.1) is 0 Å². The van der Waals surface area contributed by atoms with Crippen molar-refractivity contribution in [1.82, 2.24) is 5.32 Å².